The molecule has 0 aliphatic carbocycles. The standard InChI is InChI=1S/C16H25NO3/c1-12(2)10-20-14-8-6-13(7-9-14)15(18)17(5)11-16(3,4)19/h6-9,12,19H,10-11H2,1-5H3. The van der Waals surface area contributed by atoms with Crippen LogP contribution in [0.4, 0.5) is 0 Å². The van der Waals surface area contributed by atoms with Crippen LogP contribution >= 0.6 is 0 Å². The van der Waals surface area contributed by atoms with Gasteiger partial charge in [0.15, 0.2) is 0 Å². The highest BCUT2D eigenvalue weighted by Gasteiger charge is 2.20. The van der Waals surface area contributed by atoms with Crippen LogP contribution < -0.4 is 4.74 Å². The van der Waals surface area contributed by atoms with Crippen LogP contribution in [0, 0.1) is 5.92 Å². The first-order valence-corrected chi connectivity index (χ1v) is 6.90. The second kappa shape index (κ2) is 6.75. The summed E-state index contributed by atoms with van der Waals surface area (Å²) < 4.78 is 5.58. The van der Waals surface area contributed by atoms with E-state index in [1.807, 2.05) is 0 Å². The molecule has 0 atom stereocenters. The van der Waals surface area contributed by atoms with Gasteiger partial charge in [0.25, 0.3) is 5.91 Å². The number of carbonyl (C=O) groups is 1. The first-order valence-electron chi connectivity index (χ1n) is 6.90. The molecular weight excluding hydrogens is 254 g/mol. The minimum atomic E-state index is -0.898. The molecule has 4 nitrogen and oxygen atoms in total. The molecule has 1 amide bonds. The topological polar surface area (TPSA) is 49.8 Å². The Kier molecular flexibility index (Phi) is 5.57. The smallest absolute Gasteiger partial charge is 0.253 e. The van der Waals surface area contributed by atoms with Gasteiger partial charge < -0.3 is 14.7 Å². The lowest BCUT2D eigenvalue weighted by Crippen LogP contribution is -2.39. The van der Waals surface area contributed by atoms with Crippen molar-refractivity contribution in [2.45, 2.75) is 33.3 Å². The van der Waals surface area contributed by atoms with E-state index in [-0.39, 0.29) is 12.5 Å². The van der Waals surface area contributed by atoms with Crippen LogP contribution in [0.2, 0.25) is 0 Å². The number of hydrogen-bond acceptors (Lipinski definition) is 3. The fraction of sp³-hybridized carbons (Fsp3) is 0.562. The molecule has 0 aromatic heterocycles. The molecule has 0 aliphatic rings. The summed E-state index contributed by atoms with van der Waals surface area (Å²) in [5, 5.41) is 9.74. The van der Waals surface area contributed by atoms with Gasteiger partial charge in [-0.2, -0.15) is 0 Å². The Morgan fingerprint density at radius 2 is 1.85 bits per heavy atom. The Bertz CT molecular complexity index is 432. The van der Waals surface area contributed by atoms with E-state index in [0.29, 0.717) is 18.1 Å². The van der Waals surface area contributed by atoms with Crippen LogP contribution in [0.25, 0.3) is 0 Å². The molecule has 112 valence electrons. The lowest BCUT2D eigenvalue weighted by Gasteiger charge is -2.25. The molecule has 0 fully saturated rings. The third-order valence-electron chi connectivity index (χ3n) is 2.66. The highest BCUT2D eigenvalue weighted by atomic mass is 16.5. The summed E-state index contributed by atoms with van der Waals surface area (Å²) in [6.07, 6.45) is 0. The minimum Gasteiger partial charge on any atom is -0.493 e. The van der Waals surface area contributed by atoms with Gasteiger partial charge in [-0.05, 0) is 44.0 Å². The second-order valence-electron chi connectivity index (χ2n) is 6.20. The summed E-state index contributed by atoms with van der Waals surface area (Å²) in [6, 6.07) is 7.10. The average molecular weight is 279 g/mol. The van der Waals surface area contributed by atoms with Gasteiger partial charge in [-0.25, -0.2) is 0 Å². The Hall–Kier alpha value is -1.55. The zero-order chi connectivity index (χ0) is 15.3. The molecule has 1 N–H and O–H groups in total. The molecule has 4 heteroatoms. The van der Waals surface area contributed by atoms with Gasteiger partial charge in [-0.3, -0.25) is 4.79 Å². The molecule has 0 bridgehead atoms. The van der Waals surface area contributed by atoms with E-state index in [1.165, 1.54) is 4.90 Å². The van der Waals surface area contributed by atoms with E-state index in [2.05, 4.69) is 13.8 Å². The van der Waals surface area contributed by atoms with Gasteiger partial charge in [0.2, 0.25) is 0 Å². The van der Waals surface area contributed by atoms with Crippen molar-refractivity contribution >= 4 is 5.91 Å². The van der Waals surface area contributed by atoms with Crippen molar-refractivity contribution in [3.05, 3.63) is 29.8 Å². The minimum absolute atomic E-state index is 0.109. The number of amides is 1. The zero-order valence-electron chi connectivity index (χ0n) is 13.0. The number of likely N-dealkylation sites (N-methyl/N-ethyl adjacent to an activating group) is 1. The normalized spacial score (nSPS) is 11.6. The van der Waals surface area contributed by atoms with Crippen molar-refractivity contribution in [2.24, 2.45) is 5.92 Å². The van der Waals surface area contributed by atoms with Gasteiger partial charge in [0.05, 0.1) is 12.2 Å². The Morgan fingerprint density at radius 1 is 1.30 bits per heavy atom. The van der Waals surface area contributed by atoms with Gasteiger partial charge in [0.1, 0.15) is 5.75 Å². The molecular formula is C16H25NO3. The average Bonchev–Trinajstić information content (AvgIpc) is 2.34. The molecule has 0 unspecified atom stereocenters. The summed E-state index contributed by atoms with van der Waals surface area (Å²) in [6.45, 7) is 8.48. The quantitative estimate of drug-likeness (QED) is 0.870. The van der Waals surface area contributed by atoms with Crippen LogP contribution in [0.1, 0.15) is 38.1 Å². The van der Waals surface area contributed by atoms with Crippen LogP contribution in [-0.2, 0) is 0 Å². The third kappa shape index (κ3) is 5.61. The Balaban J connectivity index is 2.65. The molecule has 0 saturated carbocycles. The molecule has 0 aliphatic heterocycles. The number of benzene rings is 1. The fourth-order valence-corrected chi connectivity index (χ4v) is 1.83. The summed E-state index contributed by atoms with van der Waals surface area (Å²) in [7, 11) is 1.68. The van der Waals surface area contributed by atoms with Crippen molar-refractivity contribution in [3.8, 4) is 5.75 Å². The maximum absolute atomic E-state index is 12.2. The van der Waals surface area contributed by atoms with Gasteiger partial charge in [-0.1, -0.05) is 13.8 Å². The molecule has 1 aromatic rings. The van der Waals surface area contributed by atoms with E-state index in [4.69, 9.17) is 4.74 Å². The maximum atomic E-state index is 12.2. The Morgan fingerprint density at radius 3 is 2.30 bits per heavy atom. The molecule has 0 radical (unpaired) electrons. The van der Waals surface area contributed by atoms with Crippen LogP contribution in [0.5, 0.6) is 5.75 Å². The molecule has 0 saturated heterocycles. The third-order valence-corrected chi connectivity index (χ3v) is 2.66. The monoisotopic (exact) mass is 279 g/mol. The van der Waals surface area contributed by atoms with Crippen molar-refractivity contribution in [2.75, 3.05) is 20.2 Å². The van der Waals surface area contributed by atoms with E-state index < -0.39 is 5.60 Å². The number of ether oxygens (including phenoxy) is 1. The highest BCUT2D eigenvalue weighted by Crippen LogP contribution is 2.15. The van der Waals surface area contributed by atoms with Crippen molar-refractivity contribution < 1.29 is 14.6 Å². The molecule has 0 spiro atoms. The predicted molar refractivity (Wildman–Crippen MR) is 80.0 cm³/mol. The number of rotatable bonds is 6. The predicted octanol–water partition coefficient (Wildman–Crippen LogP) is 2.56. The Labute approximate surface area is 121 Å². The first kappa shape index (κ1) is 16.5. The van der Waals surface area contributed by atoms with Crippen LogP contribution in [0.15, 0.2) is 24.3 Å². The van der Waals surface area contributed by atoms with Crippen molar-refractivity contribution in [1.29, 1.82) is 0 Å². The number of hydrogen-bond donors (Lipinski definition) is 1. The summed E-state index contributed by atoms with van der Waals surface area (Å²) in [5.74, 6) is 1.12. The van der Waals surface area contributed by atoms with E-state index in [1.54, 1.807) is 45.2 Å². The largest absolute Gasteiger partial charge is 0.493 e. The fourth-order valence-electron chi connectivity index (χ4n) is 1.83. The van der Waals surface area contributed by atoms with E-state index in [0.717, 1.165) is 5.75 Å². The second-order valence-corrected chi connectivity index (χ2v) is 6.20. The van der Waals surface area contributed by atoms with Gasteiger partial charge in [0, 0.05) is 19.2 Å². The van der Waals surface area contributed by atoms with Gasteiger partial charge in [-0.15, -0.1) is 0 Å². The highest BCUT2D eigenvalue weighted by molar-refractivity contribution is 5.94. The van der Waals surface area contributed by atoms with Crippen LogP contribution in [-0.4, -0.2) is 41.7 Å². The van der Waals surface area contributed by atoms with Crippen molar-refractivity contribution in [3.63, 3.8) is 0 Å². The summed E-state index contributed by atoms with van der Waals surface area (Å²) in [4.78, 5) is 13.7. The lowest BCUT2D eigenvalue weighted by molar-refractivity contribution is 0.0368. The molecule has 20 heavy (non-hydrogen) atoms. The zero-order valence-corrected chi connectivity index (χ0v) is 13.0. The lowest BCUT2D eigenvalue weighted by atomic mass is 10.1. The molecule has 1 rings (SSSR count). The molecule has 1 aromatic carbocycles. The first-order chi connectivity index (χ1) is 9.19. The SMILES string of the molecule is CC(C)COc1ccc(C(=O)N(C)CC(C)(C)O)cc1. The van der Waals surface area contributed by atoms with Crippen LogP contribution in [0.3, 0.4) is 0 Å². The van der Waals surface area contributed by atoms with Crippen molar-refractivity contribution in [1.82, 2.24) is 4.90 Å². The van der Waals surface area contributed by atoms with E-state index in [9.17, 15) is 9.90 Å². The van der Waals surface area contributed by atoms with Gasteiger partial charge >= 0.3 is 0 Å². The number of carbonyl (C=O) groups excluding carboxylic acids is 1. The summed E-state index contributed by atoms with van der Waals surface area (Å²) in [5.41, 5.74) is -0.307. The molecule has 0 heterocycles. The maximum Gasteiger partial charge on any atom is 0.253 e. The number of nitrogens with zero attached hydrogens (tertiary/aromatic N) is 1. The summed E-state index contributed by atoms with van der Waals surface area (Å²) >= 11 is 0. The van der Waals surface area contributed by atoms with E-state index >= 15 is 0 Å². The number of aliphatic hydroxyl groups is 1.